The smallest absolute Gasteiger partial charge is 0.246 e. The molecule has 1 aromatic carbocycles. The Morgan fingerprint density at radius 3 is 2.88 bits per heavy atom. The van der Waals surface area contributed by atoms with Crippen molar-refractivity contribution in [2.24, 2.45) is 0 Å². The number of fused-ring (bicyclic) bond motifs is 1. The van der Waals surface area contributed by atoms with Crippen LogP contribution in [0.15, 0.2) is 47.8 Å². The molecule has 0 N–H and O–H groups in total. The molecule has 0 aliphatic rings. The van der Waals surface area contributed by atoms with Crippen molar-refractivity contribution >= 4 is 16.9 Å². The maximum absolute atomic E-state index is 13.4. The van der Waals surface area contributed by atoms with Crippen molar-refractivity contribution in [2.45, 2.75) is 13.1 Å². The minimum absolute atomic E-state index is 0.0875. The Kier molecular flexibility index (Phi) is 4.37. The number of carbonyl (C=O) groups is 1. The van der Waals surface area contributed by atoms with Crippen molar-refractivity contribution in [1.29, 1.82) is 0 Å². The third-order valence-electron chi connectivity index (χ3n) is 3.57. The van der Waals surface area contributed by atoms with Gasteiger partial charge in [0.05, 0.1) is 13.1 Å². The van der Waals surface area contributed by atoms with Gasteiger partial charge in [0.25, 0.3) is 0 Å². The molecule has 0 radical (unpaired) electrons. The summed E-state index contributed by atoms with van der Waals surface area (Å²) >= 11 is 0. The van der Waals surface area contributed by atoms with Gasteiger partial charge in [0.1, 0.15) is 5.69 Å². The van der Waals surface area contributed by atoms with Gasteiger partial charge in [-0.15, -0.1) is 0 Å². The monoisotopic (exact) mass is 332 g/mol. The average Bonchev–Trinajstić information content (AvgIpc) is 3.22. The summed E-state index contributed by atoms with van der Waals surface area (Å²) in [5.74, 6) is -2.31. The van der Waals surface area contributed by atoms with Crippen LogP contribution in [0.4, 0.5) is 8.78 Å². The number of hydrogen-bond donors (Lipinski definition) is 0. The van der Waals surface area contributed by atoms with Crippen molar-refractivity contribution in [1.82, 2.24) is 19.8 Å². The number of hydrogen-bond acceptors (Lipinski definition) is 4. The van der Waals surface area contributed by atoms with E-state index in [1.54, 1.807) is 23.1 Å². The predicted molar refractivity (Wildman–Crippen MR) is 81.8 cm³/mol. The van der Waals surface area contributed by atoms with Crippen molar-refractivity contribution in [2.75, 3.05) is 6.54 Å². The minimum Gasteiger partial charge on any atom is -0.356 e. The van der Waals surface area contributed by atoms with Crippen LogP contribution in [0.1, 0.15) is 5.69 Å². The number of aromatic nitrogens is 3. The van der Waals surface area contributed by atoms with Gasteiger partial charge in [-0.3, -0.25) is 9.48 Å². The van der Waals surface area contributed by atoms with Gasteiger partial charge in [0.2, 0.25) is 5.91 Å². The number of nitrogens with zero attached hydrogens (tertiary/aromatic N) is 4. The largest absolute Gasteiger partial charge is 0.356 e. The Morgan fingerprint density at radius 1 is 1.38 bits per heavy atom. The van der Waals surface area contributed by atoms with Gasteiger partial charge in [-0.25, -0.2) is 8.78 Å². The van der Waals surface area contributed by atoms with Crippen LogP contribution in [-0.2, 0) is 17.9 Å². The van der Waals surface area contributed by atoms with E-state index in [0.717, 1.165) is 12.1 Å². The van der Waals surface area contributed by atoms with E-state index in [1.807, 2.05) is 0 Å². The van der Waals surface area contributed by atoms with E-state index in [2.05, 4.69) is 16.8 Å². The summed E-state index contributed by atoms with van der Waals surface area (Å²) in [6.45, 7) is 4.39. The van der Waals surface area contributed by atoms with Gasteiger partial charge < -0.3 is 9.42 Å². The molecule has 2 heterocycles. The van der Waals surface area contributed by atoms with E-state index < -0.39 is 11.6 Å². The highest BCUT2D eigenvalue weighted by atomic mass is 19.2. The fourth-order valence-electron chi connectivity index (χ4n) is 2.33. The maximum Gasteiger partial charge on any atom is 0.246 e. The quantitative estimate of drug-likeness (QED) is 0.651. The number of carbonyl (C=O) groups excluding carboxylic acids is 1. The zero-order chi connectivity index (χ0) is 17.1. The molecule has 0 aliphatic carbocycles. The van der Waals surface area contributed by atoms with E-state index >= 15 is 0 Å². The van der Waals surface area contributed by atoms with Gasteiger partial charge >= 0.3 is 0 Å². The minimum atomic E-state index is -1.01. The molecule has 0 bridgehead atoms. The van der Waals surface area contributed by atoms with E-state index in [1.165, 1.54) is 11.0 Å². The van der Waals surface area contributed by atoms with Crippen molar-refractivity contribution in [3.63, 3.8) is 0 Å². The lowest BCUT2D eigenvalue weighted by Crippen LogP contribution is -2.32. The Balaban J connectivity index is 1.83. The summed E-state index contributed by atoms with van der Waals surface area (Å²) in [6.07, 6.45) is 4.61. The molecule has 3 aromatic rings. The number of amides is 1. The lowest BCUT2D eigenvalue weighted by Gasteiger charge is -2.20. The van der Waals surface area contributed by atoms with E-state index in [9.17, 15) is 13.6 Å². The van der Waals surface area contributed by atoms with Crippen LogP contribution in [0, 0.1) is 11.6 Å². The second kappa shape index (κ2) is 6.61. The van der Waals surface area contributed by atoms with Crippen LogP contribution in [0.2, 0.25) is 0 Å². The summed E-state index contributed by atoms with van der Waals surface area (Å²) in [5, 5.41) is 8.22. The van der Waals surface area contributed by atoms with Crippen LogP contribution in [-0.4, -0.2) is 32.3 Å². The normalized spacial score (nSPS) is 10.9. The highest BCUT2D eigenvalue weighted by Crippen LogP contribution is 2.23. The second-order valence-electron chi connectivity index (χ2n) is 5.12. The SMILES string of the molecule is C=CC(=O)N(CCn1cccn1)Cc1noc2cc(F)c(F)cc12. The highest BCUT2D eigenvalue weighted by molar-refractivity contribution is 5.87. The first-order valence-corrected chi connectivity index (χ1v) is 7.20. The summed E-state index contributed by atoms with van der Waals surface area (Å²) in [6, 6.07) is 3.73. The van der Waals surface area contributed by atoms with Crippen LogP contribution in [0.25, 0.3) is 11.0 Å². The molecule has 0 fully saturated rings. The molecule has 0 spiro atoms. The van der Waals surface area contributed by atoms with Crippen molar-refractivity contribution in [3.05, 3.63) is 60.6 Å². The molecule has 1 amide bonds. The molecule has 0 unspecified atom stereocenters. The standard InChI is InChI=1S/C16H14F2N4O2/c1-2-16(23)21(6-7-22-5-3-4-19-22)10-14-11-8-12(17)13(18)9-15(11)24-20-14/h2-5,8-9H,1,6-7,10H2. The predicted octanol–water partition coefficient (Wildman–Crippen LogP) is 2.52. The molecule has 0 saturated carbocycles. The fraction of sp³-hybridized carbons (Fsp3) is 0.188. The molecule has 0 aliphatic heterocycles. The summed E-state index contributed by atoms with van der Waals surface area (Å²) in [4.78, 5) is 13.5. The van der Waals surface area contributed by atoms with E-state index in [-0.39, 0.29) is 18.0 Å². The lowest BCUT2D eigenvalue weighted by atomic mass is 10.2. The number of halogens is 2. The third kappa shape index (κ3) is 3.17. The Labute approximate surface area is 135 Å². The zero-order valence-electron chi connectivity index (χ0n) is 12.7. The maximum atomic E-state index is 13.4. The first-order valence-electron chi connectivity index (χ1n) is 7.20. The van der Waals surface area contributed by atoms with Crippen LogP contribution in [0.3, 0.4) is 0 Å². The molecule has 0 atom stereocenters. The molecule has 3 rings (SSSR count). The average molecular weight is 332 g/mol. The topological polar surface area (TPSA) is 64.2 Å². The second-order valence-corrected chi connectivity index (χ2v) is 5.12. The zero-order valence-corrected chi connectivity index (χ0v) is 12.7. The first-order chi connectivity index (χ1) is 11.6. The van der Waals surface area contributed by atoms with Gasteiger partial charge in [-0.2, -0.15) is 5.10 Å². The lowest BCUT2D eigenvalue weighted by molar-refractivity contribution is -0.126. The molecular formula is C16H14F2N4O2. The highest BCUT2D eigenvalue weighted by Gasteiger charge is 2.18. The van der Waals surface area contributed by atoms with Crippen LogP contribution < -0.4 is 0 Å². The van der Waals surface area contributed by atoms with E-state index in [0.29, 0.717) is 24.2 Å². The van der Waals surface area contributed by atoms with Gasteiger partial charge in [-0.05, 0) is 18.2 Å². The Bertz CT molecular complexity index is 874. The molecule has 124 valence electrons. The number of benzene rings is 1. The Hall–Kier alpha value is -3.03. The van der Waals surface area contributed by atoms with Crippen molar-refractivity contribution < 1.29 is 18.1 Å². The summed E-state index contributed by atoms with van der Waals surface area (Å²) < 4.78 is 33.4. The molecule has 24 heavy (non-hydrogen) atoms. The molecular weight excluding hydrogens is 318 g/mol. The summed E-state index contributed by atoms with van der Waals surface area (Å²) in [7, 11) is 0. The third-order valence-corrected chi connectivity index (χ3v) is 3.57. The molecule has 6 nitrogen and oxygen atoms in total. The van der Waals surface area contributed by atoms with Gasteiger partial charge in [-0.1, -0.05) is 11.7 Å². The van der Waals surface area contributed by atoms with Crippen LogP contribution in [0.5, 0.6) is 0 Å². The van der Waals surface area contributed by atoms with Gasteiger partial charge in [0, 0.05) is 30.4 Å². The molecule has 0 saturated heterocycles. The van der Waals surface area contributed by atoms with Crippen LogP contribution >= 0.6 is 0 Å². The Morgan fingerprint density at radius 2 is 2.17 bits per heavy atom. The molecule has 2 aromatic heterocycles. The van der Waals surface area contributed by atoms with E-state index in [4.69, 9.17) is 4.52 Å². The number of rotatable bonds is 6. The summed E-state index contributed by atoms with van der Waals surface area (Å²) in [5.41, 5.74) is 0.474. The van der Waals surface area contributed by atoms with Crippen molar-refractivity contribution in [3.8, 4) is 0 Å². The molecule has 8 heteroatoms. The fourth-order valence-corrected chi connectivity index (χ4v) is 2.33. The van der Waals surface area contributed by atoms with Gasteiger partial charge in [0.15, 0.2) is 17.2 Å². The first kappa shape index (κ1) is 15.9.